The summed E-state index contributed by atoms with van der Waals surface area (Å²) in [5, 5.41) is 31.4. The zero-order valence-corrected chi connectivity index (χ0v) is 41.3. The van der Waals surface area contributed by atoms with E-state index in [1.54, 1.807) is 49.2 Å². The maximum Gasteiger partial charge on any atom is 0.347 e. The van der Waals surface area contributed by atoms with Crippen LogP contribution in [-0.4, -0.2) is 164 Å². The molecule has 7 saturated heterocycles. The topological polar surface area (TPSA) is 198 Å². The Morgan fingerprint density at radius 3 is 2.00 bits per heavy atom. The molecule has 17 heteroatoms. The first-order chi connectivity index (χ1) is 30.6. The Hall–Kier alpha value is -1.13. The van der Waals surface area contributed by atoms with Crippen molar-refractivity contribution in [2.24, 2.45) is 35.5 Å². The predicted molar refractivity (Wildman–Crippen MR) is 232 cm³/mol. The van der Waals surface area contributed by atoms with Gasteiger partial charge in [-0.05, 0) is 66.7 Å². The van der Waals surface area contributed by atoms with Crippen LogP contribution in [0.2, 0.25) is 0 Å². The number of aliphatic hydroxyl groups is 2. The molecule has 376 valence electrons. The summed E-state index contributed by atoms with van der Waals surface area (Å²) in [5.41, 5.74) is -2.01. The molecule has 6 unspecified atom stereocenters. The molecule has 7 aliphatic rings. The van der Waals surface area contributed by atoms with E-state index < -0.39 is 89.6 Å². The third kappa shape index (κ3) is 9.23. The van der Waals surface area contributed by atoms with Crippen molar-refractivity contribution >= 4 is 5.97 Å². The van der Waals surface area contributed by atoms with Crippen LogP contribution in [0.15, 0.2) is 0 Å². The van der Waals surface area contributed by atoms with E-state index in [4.69, 9.17) is 56.8 Å². The first kappa shape index (κ1) is 51.7. The number of rotatable bonds is 13. The molecule has 0 aromatic rings. The fraction of sp³-hybridized carbons (Fsp3) is 0.979. The highest BCUT2D eigenvalue weighted by molar-refractivity contribution is 5.72. The van der Waals surface area contributed by atoms with Gasteiger partial charge in [0.15, 0.2) is 17.9 Å². The Labute approximate surface area is 386 Å². The second-order valence-electron chi connectivity index (χ2n) is 21.3. The van der Waals surface area contributed by atoms with Crippen molar-refractivity contribution in [3.8, 4) is 0 Å². The second-order valence-corrected chi connectivity index (χ2v) is 21.3. The number of carbonyl (C=O) groups is 1. The first-order valence-electron chi connectivity index (χ1n) is 24.4. The molecule has 0 amide bonds. The number of hydrogen-bond donors (Lipinski definition) is 3. The zero-order chi connectivity index (χ0) is 47.6. The lowest BCUT2D eigenvalue weighted by molar-refractivity contribution is -0.363. The number of hydrogen-bond acceptors (Lipinski definition) is 17. The van der Waals surface area contributed by atoms with E-state index in [0.29, 0.717) is 25.7 Å². The van der Waals surface area contributed by atoms with Gasteiger partial charge in [0.1, 0.15) is 11.2 Å². The lowest BCUT2D eigenvalue weighted by Crippen LogP contribution is -2.67. The quantitative estimate of drug-likeness (QED) is 0.161. The van der Waals surface area contributed by atoms with E-state index in [2.05, 4.69) is 25.7 Å². The summed E-state index contributed by atoms with van der Waals surface area (Å²) in [7, 11) is 6.74. The molecule has 0 aromatic heterocycles. The van der Waals surface area contributed by atoms with E-state index in [1.165, 1.54) is 0 Å². The molecule has 0 bridgehead atoms. The number of carbonyl (C=O) groups excluding carboxylic acids is 1. The monoisotopic (exact) mass is 931 g/mol. The van der Waals surface area contributed by atoms with Crippen LogP contribution in [0.25, 0.3) is 0 Å². The molecule has 65 heavy (non-hydrogen) atoms. The maximum atomic E-state index is 12.8. The molecule has 0 radical (unpaired) electrons. The molecule has 0 aliphatic carbocycles. The Bertz CT molecular complexity index is 1600. The molecule has 7 rings (SSSR count). The Kier molecular flexibility index (Phi) is 15.9. The van der Waals surface area contributed by atoms with Crippen LogP contribution < -0.4 is 0 Å². The van der Waals surface area contributed by atoms with Crippen LogP contribution in [0.1, 0.15) is 121 Å². The van der Waals surface area contributed by atoms with Crippen molar-refractivity contribution in [1.82, 2.24) is 0 Å². The Morgan fingerprint density at radius 1 is 0.723 bits per heavy atom. The Morgan fingerprint density at radius 2 is 1.37 bits per heavy atom. The van der Waals surface area contributed by atoms with Crippen molar-refractivity contribution in [2.75, 3.05) is 28.4 Å². The summed E-state index contributed by atoms with van der Waals surface area (Å²) < 4.78 is 79.5. The van der Waals surface area contributed by atoms with E-state index in [0.717, 1.165) is 25.7 Å². The highest BCUT2D eigenvalue weighted by Gasteiger charge is 2.69. The van der Waals surface area contributed by atoms with Gasteiger partial charge in [0, 0.05) is 77.3 Å². The minimum atomic E-state index is -1.46. The highest BCUT2D eigenvalue weighted by atomic mass is 17.1. The predicted octanol–water partition coefficient (Wildman–Crippen LogP) is 5.17. The number of methoxy groups -OCH3 is 4. The molecule has 1 spiro atoms. The number of ether oxygens (including phenoxy) is 12. The Balaban J connectivity index is 1.12. The second kappa shape index (κ2) is 19.9. The minimum absolute atomic E-state index is 0.0588. The molecule has 17 nitrogen and oxygen atoms in total. The van der Waals surface area contributed by atoms with E-state index in [1.807, 2.05) is 27.7 Å². The van der Waals surface area contributed by atoms with Crippen molar-refractivity contribution in [2.45, 2.75) is 235 Å². The fourth-order valence-electron chi connectivity index (χ4n) is 13.4. The molecule has 25 atom stereocenters. The van der Waals surface area contributed by atoms with Gasteiger partial charge in [0.25, 0.3) is 0 Å². The van der Waals surface area contributed by atoms with Gasteiger partial charge in [-0.3, -0.25) is 0 Å². The fourth-order valence-corrected chi connectivity index (χ4v) is 13.4. The summed E-state index contributed by atoms with van der Waals surface area (Å²) >= 11 is 0. The van der Waals surface area contributed by atoms with Gasteiger partial charge in [-0.15, -0.1) is 0 Å². The summed E-state index contributed by atoms with van der Waals surface area (Å²) in [6, 6.07) is 0. The average molecular weight is 931 g/mol. The van der Waals surface area contributed by atoms with E-state index >= 15 is 0 Å². The lowest BCUT2D eigenvalue weighted by atomic mass is 9.73. The van der Waals surface area contributed by atoms with Gasteiger partial charge in [-0.1, -0.05) is 34.6 Å². The highest BCUT2D eigenvalue weighted by Crippen LogP contribution is 2.57. The molecule has 0 aromatic carbocycles. The largest absolute Gasteiger partial charge is 0.392 e. The SMILES string of the molecule is CO[C@H]1CC[C@H](O[C@@]2(C)[C@H](C[C@@H]3C[C@@H](OC)C(C)C4(O3)O[C@](C)(C3CCC([C@@H]5CC[C@H](C6O[C@](C)(O)[C@H](C)[C@H](O)[C@@H]6C)O5)O3)[C@H](OC)[C@H]4C)OC([C@@H](C)C(=O)OO)[C@H](C)[C@@H]2OC)O[C@@H]1C. The van der Waals surface area contributed by atoms with Gasteiger partial charge in [-0.25, -0.2) is 4.79 Å². The summed E-state index contributed by atoms with van der Waals surface area (Å²) in [6.07, 6.45) is -1.00. The average Bonchev–Trinajstić information content (AvgIpc) is 4.02. The van der Waals surface area contributed by atoms with Crippen LogP contribution in [0.5, 0.6) is 0 Å². The van der Waals surface area contributed by atoms with Crippen molar-refractivity contribution < 1.29 is 82.0 Å². The molecular formula is C48H82O17. The number of aliphatic hydroxyl groups excluding tert-OH is 1. The normalized spacial score (nSPS) is 53.4. The van der Waals surface area contributed by atoms with Gasteiger partial charge < -0.3 is 71.9 Å². The van der Waals surface area contributed by atoms with Crippen molar-refractivity contribution in [3.05, 3.63) is 0 Å². The van der Waals surface area contributed by atoms with Crippen LogP contribution in [-0.2, 0) is 66.5 Å². The van der Waals surface area contributed by atoms with E-state index in [-0.39, 0.29) is 66.4 Å². The molecule has 7 heterocycles. The lowest BCUT2D eigenvalue weighted by Gasteiger charge is -2.55. The third-order valence-corrected chi connectivity index (χ3v) is 17.4. The van der Waals surface area contributed by atoms with Crippen LogP contribution in [0, 0.1) is 35.5 Å². The summed E-state index contributed by atoms with van der Waals surface area (Å²) in [4.78, 5) is 17.1. The van der Waals surface area contributed by atoms with Gasteiger partial charge in [-0.2, -0.15) is 5.26 Å². The summed E-state index contributed by atoms with van der Waals surface area (Å²) in [5.74, 6) is -5.74. The zero-order valence-electron chi connectivity index (χ0n) is 41.3. The smallest absolute Gasteiger partial charge is 0.347 e. The van der Waals surface area contributed by atoms with E-state index in [9.17, 15) is 20.3 Å². The van der Waals surface area contributed by atoms with Gasteiger partial charge >= 0.3 is 5.97 Å². The van der Waals surface area contributed by atoms with Gasteiger partial charge in [0.05, 0.1) is 91.4 Å². The van der Waals surface area contributed by atoms with Crippen LogP contribution in [0.4, 0.5) is 0 Å². The molecule has 7 aliphatic heterocycles. The van der Waals surface area contributed by atoms with Gasteiger partial charge in [0.2, 0.25) is 0 Å². The first-order valence-corrected chi connectivity index (χ1v) is 24.4. The molecular weight excluding hydrogens is 849 g/mol. The standard InChI is InChI=1S/C48H82O17/c1-23-39(49)27(5)47(10,51)63-41(23)34-16-15-32(58-34)33-17-19-36(59-33)46(9)43(56-14)28(6)48(65-46)26(4)35(54-12)21-30(61-48)22-37-45(8,62-38-20-18-31(53-11)29(7)57-38)42(55-13)24(2)40(60-37)25(3)44(50)64-52/h23-43,49,51-52H,15-22H2,1-14H3/t23-,24-,25+,26?,27+,28+,29+,30-,31-,32-,33?,34+,35+,36?,37-,38-,39+,40?,41?,42-,43+,45-,46+,47-,48?/m0/s1. The summed E-state index contributed by atoms with van der Waals surface area (Å²) in [6.45, 7) is 19.2. The third-order valence-electron chi connectivity index (χ3n) is 17.4. The van der Waals surface area contributed by atoms with Crippen LogP contribution in [0.3, 0.4) is 0 Å². The molecule has 3 N–H and O–H groups in total. The van der Waals surface area contributed by atoms with Crippen LogP contribution >= 0.6 is 0 Å². The molecule has 0 saturated carbocycles. The molecule has 7 fully saturated rings. The maximum absolute atomic E-state index is 12.8. The minimum Gasteiger partial charge on any atom is -0.392 e. The van der Waals surface area contributed by atoms with Crippen molar-refractivity contribution in [3.63, 3.8) is 0 Å². The van der Waals surface area contributed by atoms with Crippen molar-refractivity contribution in [1.29, 1.82) is 0 Å².